The van der Waals surface area contributed by atoms with Crippen molar-refractivity contribution in [1.82, 2.24) is 0 Å². The second kappa shape index (κ2) is 7.41. The van der Waals surface area contributed by atoms with Gasteiger partial charge in [-0.15, -0.1) is 0 Å². The molecule has 2 aliphatic carbocycles. The average Bonchev–Trinajstić information content (AvgIpc) is 3.08. The van der Waals surface area contributed by atoms with Gasteiger partial charge in [-0.3, -0.25) is 9.59 Å². The summed E-state index contributed by atoms with van der Waals surface area (Å²) in [6, 6.07) is 0. The fourth-order valence-electron chi connectivity index (χ4n) is 2.94. The Hall–Kier alpha value is -1.15. The summed E-state index contributed by atoms with van der Waals surface area (Å²) in [6.45, 7) is 0. The molecule has 22 heavy (non-hydrogen) atoms. The highest BCUT2D eigenvalue weighted by Crippen LogP contribution is 2.24. The summed E-state index contributed by atoms with van der Waals surface area (Å²) in [4.78, 5) is 23.7. The van der Waals surface area contributed by atoms with E-state index < -0.39 is 33.7 Å². The Balaban J connectivity index is 1.93. The molecule has 0 spiro atoms. The molecule has 0 N–H and O–H groups in total. The first kappa shape index (κ1) is 17.2. The van der Waals surface area contributed by atoms with Gasteiger partial charge in [0.15, 0.2) is 5.25 Å². The quantitative estimate of drug-likeness (QED) is 0.531. The Bertz CT molecular complexity index is 501. The van der Waals surface area contributed by atoms with Crippen molar-refractivity contribution < 1.29 is 32.0 Å². The number of hydrogen-bond donors (Lipinski definition) is 0. The lowest BCUT2D eigenvalue weighted by Gasteiger charge is -2.21. The van der Waals surface area contributed by atoms with Crippen LogP contribution >= 0.6 is 0 Å². The topological polar surface area (TPSA) is 110 Å². The van der Waals surface area contributed by atoms with Crippen LogP contribution in [0.3, 0.4) is 0 Å². The maximum absolute atomic E-state index is 11.9. The summed E-state index contributed by atoms with van der Waals surface area (Å²) >= 11 is 0. The lowest BCUT2D eigenvalue weighted by molar-refractivity contribution is -0.155. The zero-order chi connectivity index (χ0) is 16.2. The van der Waals surface area contributed by atoms with Crippen molar-refractivity contribution in [3.8, 4) is 0 Å². The highest BCUT2D eigenvalue weighted by molar-refractivity contribution is 7.87. The molecule has 7 nitrogen and oxygen atoms in total. The van der Waals surface area contributed by atoms with Gasteiger partial charge in [0.05, 0.1) is 6.42 Å². The van der Waals surface area contributed by atoms with Crippen LogP contribution in [0.5, 0.6) is 0 Å². The van der Waals surface area contributed by atoms with Crippen LogP contribution in [0.1, 0.15) is 57.8 Å². The van der Waals surface area contributed by atoms with Crippen LogP contribution in [0.25, 0.3) is 0 Å². The fourth-order valence-corrected chi connectivity index (χ4v) is 3.57. The van der Waals surface area contributed by atoms with Crippen LogP contribution in [0.15, 0.2) is 0 Å². The first-order chi connectivity index (χ1) is 10.4. The van der Waals surface area contributed by atoms with Crippen LogP contribution < -0.4 is 0 Å². The lowest BCUT2D eigenvalue weighted by Crippen LogP contribution is -2.36. The maximum atomic E-state index is 11.9. The second-order valence-electron chi connectivity index (χ2n) is 5.93. The smallest absolute Gasteiger partial charge is 0.324 e. The van der Waals surface area contributed by atoms with Gasteiger partial charge >= 0.3 is 11.9 Å². The molecule has 0 bridgehead atoms. The zero-order valence-electron chi connectivity index (χ0n) is 12.4. The van der Waals surface area contributed by atoms with E-state index in [0.29, 0.717) is 12.8 Å². The van der Waals surface area contributed by atoms with Crippen molar-refractivity contribution in [3.63, 3.8) is 0 Å². The Morgan fingerprint density at radius 1 is 0.955 bits per heavy atom. The number of carbonyl (C=O) groups is 2. The van der Waals surface area contributed by atoms with Crippen LogP contribution in [0, 0.1) is 0 Å². The normalized spacial score (nSPS) is 21.7. The molecule has 1 unspecified atom stereocenters. The van der Waals surface area contributed by atoms with Crippen LogP contribution in [-0.4, -0.2) is 42.4 Å². The van der Waals surface area contributed by atoms with E-state index in [-0.39, 0.29) is 12.2 Å². The van der Waals surface area contributed by atoms with Crippen molar-refractivity contribution in [2.45, 2.75) is 75.2 Å². The van der Waals surface area contributed by atoms with E-state index >= 15 is 0 Å². The number of esters is 2. The molecule has 2 saturated carbocycles. The third-order valence-corrected chi connectivity index (χ3v) is 5.20. The Morgan fingerprint density at radius 3 is 1.86 bits per heavy atom. The van der Waals surface area contributed by atoms with Gasteiger partial charge in [0.25, 0.3) is 0 Å². The largest absolute Gasteiger partial charge is 0.747 e. The van der Waals surface area contributed by atoms with E-state index in [0.717, 1.165) is 38.5 Å². The van der Waals surface area contributed by atoms with Gasteiger partial charge in [-0.1, -0.05) is 0 Å². The Morgan fingerprint density at radius 2 is 1.41 bits per heavy atom. The van der Waals surface area contributed by atoms with Crippen molar-refractivity contribution in [2.24, 2.45) is 0 Å². The SMILES string of the molecule is O=C(CC(C(=O)OC1CCCC1)S(=O)(=O)[O-])OC1CCCC1. The zero-order valence-corrected chi connectivity index (χ0v) is 13.2. The molecule has 0 radical (unpaired) electrons. The van der Waals surface area contributed by atoms with Crippen molar-refractivity contribution in [2.75, 3.05) is 0 Å². The predicted octanol–water partition coefficient (Wildman–Crippen LogP) is 1.26. The summed E-state index contributed by atoms with van der Waals surface area (Å²) in [5.74, 6) is -1.97. The summed E-state index contributed by atoms with van der Waals surface area (Å²) in [6.07, 6.45) is 5.10. The minimum atomic E-state index is -4.96. The third kappa shape index (κ3) is 4.95. The van der Waals surface area contributed by atoms with Gasteiger partial charge in [0, 0.05) is 0 Å². The molecule has 126 valence electrons. The molecule has 1 atom stereocenters. The van der Waals surface area contributed by atoms with Crippen molar-refractivity contribution in [1.29, 1.82) is 0 Å². The average molecular weight is 333 g/mol. The number of carbonyl (C=O) groups excluding carboxylic acids is 2. The molecule has 0 aromatic rings. The molecule has 0 heterocycles. The number of hydrogen-bond acceptors (Lipinski definition) is 7. The highest BCUT2D eigenvalue weighted by atomic mass is 32.2. The summed E-state index contributed by atoms with van der Waals surface area (Å²) in [7, 11) is -4.96. The number of ether oxygens (including phenoxy) is 2. The van der Waals surface area contributed by atoms with Crippen molar-refractivity contribution in [3.05, 3.63) is 0 Å². The van der Waals surface area contributed by atoms with Gasteiger partial charge in [0.2, 0.25) is 0 Å². The molecule has 0 saturated heterocycles. The van der Waals surface area contributed by atoms with Gasteiger partial charge < -0.3 is 14.0 Å². The Kier molecular flexibility index (Phi) is 5.80. The monoisotopic (exact) mass is 333 g/mol. The fraction of sp³-hybridized carbons (Fsp3) is 0.857. The molecular formula is C14H21O7S-. The molecule has 2 fully saturated rings. The minimum absolute atomic E-state index is 0.242. The van der Waals surface area contributed by atoms with Gasteiger partial charge in [-0.2, -0.15) is 0 Å². The highest BCUT2D eigenvalue weighted by Gasteiger charge is 2.33. The summed E-state index contributed by atoms with van der Waals surface area (Å²) in [5, 5.41) is -2.01. The van der Waals surface area contributed by atoms with Crippen LogP contribution in [-0.2, 0) is 29.2 Å². The molecule has 0 aliphatic heterocycles. The molecular weight excluding hydrogens is 312 g/mol. The molecule has 0 aromatic carbocycles. The summed E-state index contributed by atoms with van der Waals surface area (Å²) < 4.78 is 43.9. The standard InChI is InChI=1S/C14H22O7S/c15-13(20-10-5-1-2-6-10)9-12(22(17,18)19)14(16)21-11-7-3-4-8-11/h10-12H,1-9H2,(H,17,18,19)/p-1. The van der Waals surface area contributed by atoms with Crippen LogP contribution in [0.4, 0.5) is 0 Å². The van der Waals surface area contributed by atoms with E-state index in [4.69, 9.17) is 9.47 Å². The van der Waals surface area contributed by atoms with E-state index in [2.05, 4.69) is 0 Å². The second-order valence-corrected chi connectivity index (χ2v) is 7.48. The predicted molar refractivity (Wildman–Crippen MR) is 74.8 cm³/mol. The van der Waals surface area contributed by atoms with Gasteiger partial charge in [-0.25, -0.2) is 8.42 Å². The van der Waals surface area contributed by atoms with E-state index in [9.17, 15) is 22.6 Å². The molecule has 2 rings (SSSR count). The van der Waals surface area contributed by atoms with E-state index in [1.165, 1.54) is 0 Å². The third-order valence-electron chi connectivity index (χ3n) is 4.15. The van der Waals surface area contributed by atoms with Crippen LogP contribution in [0.2, 0.25) is 0 Å². The van der Waals surface area contributed by atoms with E-state index in [1.54, 1.807) is 0 Å². The number of rotatable bonds is 6. The lowest BCUT2D eigenvalue weighted by atomic mass is 10.2. The molecule has 2 aliphatic rings. The maximum Gasteiger partial charge on any atom is 0.324 e. The first-order valence-corrected chi connectivity index (χ1v) is 9.18. The summed E-state index contributed by atoms with van der Waals surface area (Å²) in [5.41, 5.74) is 0. The van der Waals surface area contributed by atoms with Gasteiger partial charge in [-0.05, 0) is 51.4 Å². The minimum Gasteiger partial charge on any atom is -0.747 e. The Labute approximate surface area is 130 Å². The van der Waals surface area contributed by atoms with Crippen molar-refractivity contribution >= 4 is 22.1 Å². The molecule has 0 aromatic heterocycles. The first-order valence-electron chi connectivity index (χ1n) is 7.71. The molecule has 8 heteroatoms. The molecule has 0 amide bonds. The van der Waals surface area contributed by atoms with Gasteiger partial charge in [0.1, 0.15) is 22.3 Å². The van der Waals surface area contributed by atoms with E-state index in [1.807, 2.05) is 0 Å².